The van der Waals surface area contributed by atoms with Gasteiger partial charge in [0.15, 0.2) is 0 Å². The van der Waals surface area contributed by atoms with E-state index in [0.29, 0.717) is 11.4 Å². The molecule has 0 unspecified atom stereocenters. The quantitative estimate of drug-likeness (QED) is 0.614. The molecular formula is C23H26ClNO4. The van der Waals surface area contributed by atoms with Crippen molar-refractivity contribution in [2.75, 3.05) is 13.2 Å². The fraction of sp³-hybridized carbons (Fsp3) is 0.391. The lowest BCUT2D eigenvalue weighted by atomic mass is 9.91. The summed E-state index contributed by atoms with van der Waals surface area (Å²) in [5.74, 6) is -0.598. The zero-order chi connectivity index (χ0) is 20.8. The molecule has 2 aromatic rings. The molecule has 154 valence electrons. The molecule has 0 saturated carbocycles. The first-order valence-electron chi connectivity index (χ1n) is 9.96. The lowest BCUT2D eigenvalue weighted by Gasteiger charge is -2.44. The molecule has 0 spiro atoms. The maximum Gasteiger partial charge on any atom is 0.328 e. The zero-order valence-corrected chi connectivity index (χ0v) is 17.5. The maximum atomic E-state index is 13.0. The van der Waals surface area contributed by atoms with E-state index in [4.69, 9.17) is 21.1 Å². The van der Waals surface area contributed by atoms with Gasteiger partial charge in [-0.1, -0.05) is 67.4 Å². The van der Waals surface area contributed by atoms with Crippen molar-refractivity contribution in [3.63, 3.8) is 0 Å². The number of ether oxygens (including phenoxy) is 2. The van der Waals surface area contributed by atoms with Crippen LogP contribution in [0.1, 0.15) is 50.0 Å². The van der Waals surface area contributed by atoms with Crippen LogP contribution in [0.25, 0.3) is 0 Å². The molecule has 3 atom stereocenters. The molecule has 29 heavy (non-hydrogen) atoms. The number of hydrogen-bond acceptors (Lipinski definition) is 4. The van der Waals surface area contributed by atoms with Crippen molar-refractivity contribution in [3.8, 4) is 0 Å². The van der Waals surface area contributed by atoms with Crippen LogP contribution >= 0.6 is 11.6 Å². The van der Waals surface area contributed by atoms with Crippen LogP contribution in [0.15, 0.2) is 54.6 Å². The number of carbonyl (C=O) groups excluding carboxylic acids is 2. The van der Waals surface area contributed by atoms with Crippen molar-refractivity contribution in [1.82, 2.24) is 4.90 Å². The van der Waals surface area contributed by atoms with Crippen LogP contribution in [0.3, 0.4) is 0 Å². The highest BCUT2D eigenvalue weighted by atomic mass is 35.5. The molecule has 0 bridgehead atoms. The van der Waals surface area contributed by atoms with Crippen molar-refractivity contribution in [1.29, 1.82) is 0 Å². The van der Waals surface area contributed by atoms with E-state index in [1.807, 2.05) is 49.4 Å². The molecule has 1 aliphatic rings. The number of rotatable bonds is 7. The van der Waals surface area contributed by atoms with Crippen molar-refractivity contribution in [2.24, 2.45) is 0 Å². The number of amides is 1. The molecular weight excluding hydrogens is 390 g/mol. The fourth-order valence-corrected chi connectivity index (χ4v) is 3.92. The van der Waals surface area contributed by atoms with Crippen molar-refractivity contribution in [2.45, 2.75) is 44.9 Å². The van der Waals surface area contributed by atoms with Gasteiger partial charge in [0.05, 0.1) is 12.6 Å². The maximum absolute atomic E-state index is 13.0. The number of esters is 1. The van der Waals surface area contributed by atoms with Crippen LogP contribution in [0, 0.1) is 0 Å². The SMILES string of the molecule is CCC[C@H](C(=O)OCC)N1C(=O)CO[C@@H](c2ccccc2)[C@H]1c1ccc(Cl)cc1. The van der Waals surface area contributed by atoms with Gasteiger partial charge in [0, 0.05) is 5.02 Å². The summed E-state index contributed by atoms with van der Waals surface area (Å²) in [5, 5.41) is 0.607. The summed E-state index contributed by atoms with van der Waals surface area (Å²) in [4.78, 5) is 27.4. The minimum absolute atomic E-state index is 0.0801. The molecule has 1 saturated heterocycles. The molecule has 0 N–H and O–H groups in total. The Morgan fingerprint density at radius 3 is 2.45 bits per heavy atom. The van der Waals surface area contributed by atoms with Gasteiger partial charge in [-0.15, -0.1) is 0 Å². The van der Waals surface area contributed by atoms with Gasteiger partial charge in [-0.05, 0) is 36.6 Å². The highest BCUT2D eigenvalue weighted by Crippen LogP contribution is 2.42. The van der Waals surface area contributed by atoms with Crippen molar-refractivity contribution in [3.05, 3.63) is 70.7 Å². The molecule has 5 nitrogen and oxygen atoms in total. The Balaban J connectivity index is 2.09. The summed E-state index contributed by atoms with van der Waals surface area (Å²) >= 11 is 6.09. The van der Waals surface area contributed by atoms with E-state index >= 15 is 0 Å². The molecule has 6 heteroatoms. The first-order chi connectivity index (χ1) is 14.1. The Hall–Kier alpha value is -2.37. The van der Waals surface area contributed by atoms with Gasteiger partial charge in [0.25, 0.3) is 0 Å². The Kier molecular flexibility index (Phi) is 7.29. The topological polar surface area (TPSA) is 55.8 Å². The van der Waals surface area contributed by atoms with Crippen LogP contribution in [0.4, 0.5) is 0 Å². The number of nitrogens with zero attached hydrogens (tertiary/aromatic N) is 1. The molecule has 1 amide bonds. The van der Waals surface area contributed by atoms with E-state index < -0.39 is 18.2 Å². The molecule has 3 rings (SSSR count). The Morgan fingerprint density at radius 2 is 1.83 bits per heavy atom. The Morgan fingerprint density at radius 1 is 1.14 bits per heavy atom. The molecule has 1 heterocycles. The summed E-state index contributed by atoms with van der Waals surface area (Å²) in [6, 6.07) is 16.0. The minimum atomic E-state index is -0.664. The van der Waals surface area contributed by atoms with Gasteiger partial charge in [0.1, 0.15) is 18.8 Å². The third-order valence-electron chi connectivity index (χ3n) is 5.06. The van der Waals surface area contributed by atoms with E-state index in [2.05, 4.69) is 0 Å². The minimum Gasteiger partial charge on any atom is -0.464 e. The third kappa shape index (κ3) is 4.80. The predicted octanol–water partition coefficient (Wildman–Crippen LogP) is 4.71. The molecule has 0 aliphatic carbocycles. The van der Waals surface area contributed by atoms with Crippen LogP contribution in [-0.2, 0) is 19.1 Å². The van der Waals surface area contributed by atoms with Gasteiger partial charge in [-0.2, -0.15) is 0 Å². The highest BCUT2D eigenvalue weighted by molar-refractivity contribution is 6.30. The number of hydrogen-bond donors (Lipinski definition) is 0. The molecule has 1 aliphatic heterocycles. The first-order valence-corrected chi connectivity index (χ1v) is 10.3. The second kappa shape index (κ2) is 9.90. The largest absolute Gasteiger partial charge is 0.464 e. The Labute approximate surface area is 176 Å². The van der Waals surface area contributed by atoms with E-state index in [1.54, 1.807) is 24.0 Å². The monoisotopic (exact) mass is 415 g/mol. The standard InChI is InChI=1S/C23H26ClNO4/c1-3-8-19(23(27)28-4-2)25-20(26)15-29-22(17-9-6-5-7-10-17)21(25)16-11-13-18(24)14-12-16/h5-7,9-14,19,21-22H,3-4,8,15H2,1-2H3/t19-,21-,22+/m1/s1. The van der Waals surface area contributed by atoms with Crippen LogP contribution in [0.2, 0.25) is 5.02 Å². The molecule has 0 aromatic heterocycles. The van der Waals surface area contributed by atoms with Crippen LogP contribution in [0.5, 0.6) is 0 Å². The van der Waals surface area contributed by atoms with Crippen molar-refractivity contribution >= 4 is 23.5 Å². The summed E-state index contributed by atoms with van der Waals surface area (Å²) in [6.45, 7) is 3.95. The normalized spacial score (nSPS) is 20.4. The predicted molar refractivity (Wildman–Crippen MR) is 112 cm³/mol. The van der Waals surface area contributed by atoms with Crippen molar-refractivity contribution < 1.29 is 19.1 Å². The average molecular weight is 416 g/mol. The summed E-state index contributed by atoms with van der Waals surface area (Å²) < 4.78 is 11.3. The lowest BCUT2D eigenvalue weighted by molar-refractivity contribution is -0.174. The van der Waals surface area contributed by atoms with Crippen LogP contribution < -0.4 is 0 Å². The van der Waals surface area contributed by atoms with Crippen LogP contribution in [-0.4, -0.2) is 36.0 Å². The molecule has 2 aromatic carbocycles. The van der Waals surface area contributed by atoms with Gasteiger partial charge < -0.3 is 14.4 Å². The first kappa shape index (κ1) is 21.3. The second-order valence-corrected chi connectivity index (χ2v) is 7.43. The fourth-order valence-electron chi connectivity index (χ4n) is 3.79. The second-order valence-electron chi connectivity index (χ2n) is 7.00. The number of benzene rings is 2. The molecule has 0 radical (unpaired) electrons. The number of morpholine rings is 1. The van der Waals surface area contributed by atoms with E-state index in [0.717, 1.165) is 17.5 Å². The highest BCUT2D eigenvalue weighted by Gasteiger charge is 2.44. The van der Waals surface area contributed by atoms with E-state index in [1.165, 1.54) is 0 Å². The van der Waals surface area contributed by atoms with Gasteiger partial charge in [0.2, 0.25) is 5.91 Å². The number of halogens is 1. The summed E-state index contributed by atoms with van der Waals surface area (Å²) in [7, 11) is 0. The summed E-state index contributed by atoms with van der Waals surface area (Å²) in [6.07, 6.45) is 0.872. The van der Waals surface area contributed by atoms with E-state index in [9.17, 15) is 9.59 Å². The lowest BCUT2D eigenvalue weighted by Crippen LogP contribution is -2.53. The van der Waals surface area contributed by atoms with Gasteiger partial charge >= 0.3 is 5.97 Å². The average Bonchev–Trinajstić information content (AvgIpc) is 2.73. The van der Waals surface area contributed by atoms with Gasteiger partial charge in [-0.25, -0.2) is 4.79 Å². The third-order valence-corrected chi connectivity index (χ3v) is 5.31. The molecule has 1 fully saturated rings. The smallest absolute Gasteiger partial charge is 0.328 e. The number of carbonyl (C=O) groups is 2. The Bertz CT molecular complexity index is 825. The van der Waals surface area contributed by atoms with E-state index in [-0.39, 0.29) is 25.1 Å². The summed E-state index contributed by atoms with van der Waals surface area (Å²) in [5.41, 5.74) is 1.81. The van der Waals surface area contributed by atoms with Gasteiger partial charge in [-0.3, -0.25) is 4.79 Å². The zero-order valence-electron chi connectivity index (χ0n) is 16.7.